The normalized spacial score (nSPS) is 14.7. The van der Waals surface area contributed by atoms with Crippen LogP contribution in [0.2, 0.25) is 0 Å². The first-order chi connectivity index (χ1) is 31.8. The fraction of sp³-hybridized carbons (Fsp3) is 0.375. The van der Waals surface area contributed by atoms with E-state index in [-0.39, 0.29) is 24.8 Å². The van der Waals surface area contributed by atoms with Gasteiger partial charge in [-0.15, -0.1) is 25.7 Å². The average Bonchev–Trinajstić information content (AvgIpc) is 4.14. The van der Waals surface area contributed by atoms with Gasteiger partial charge >= 0.3 is 199 Å². The van der Waals surface area contributed by atoms with Gasteiger partial charge < -0.3 is 24.8 Å². The van der Waals surface area contributed by atoms with E-state index in [0.29, 0.717) is 21.7 Å². The molecule has 8 rings (SSSR count). The summed E-state index contributed by atoms with van der Waals surface area (Å²) in [6, 6.07) is 43.5. The standard InChI is InChI=1S/2C12H10Si.4C10H15.2ClH.2Hf/c2*1-3-7-11(8-4-1)13-12-9-5-2-6-10-12;4*1-8-5-6-9(7-8)10(2,3)4;;;;/h2*1-10H;4*7H,6H2,1-4H3;2*1H;;/q;;4*-1;;;2*+2/p-2. The molecule has 0 saturated carbocycles. The van der Waals surface area contributed by atoms with Crippen molar-refractivity contribution in [3.63, 3.8) is 0 Å². The number of allylic oxidation sites excluding steroid dienone is 16. The first-order valence-electron chi connectivity index (χ1n) is 24.3. The molecule has 0 nitrogen and oxygen atoms in total. The van der Waals surface area contributed by atoms with Gasteiger partial charge in [-0.05, 0) is 21.7 Å². The zero-order valence-corrected chi connectivity index (χ0v) is 56.1. The molecule has 4 aliphatic carbocycles. The summed E-state index contributed by atoms with van der Waals surface area (Å²) in [5.41, 5.74) is 11.7. The molecule has 0 atom stereocenters. The zero-order valence-electron chi connectivity index (χ0n) is 45.4. The van der Waals surface area contributed by atoms with Crippen LogP contribution in [0.4, 0.5) is 0 Å². The van der Waals surface area contributed by atoms with Gasteiger partial charge in [0.1, 0.15) is 0 Å². The molecule has 0 aliphatic heterocycles. The van der Waals surface area contributed by atoms with Gasteiger partial charge in [0.15, 0.2) is 0 Å². The number of rotatable bonds is 4. The Morgan fingerprint density at radius 1 is 0.314 bits per heavy atom. The van der Waals surface area contributed by atoms with Crippen molar-refractivity contribution in [1.29, 1.82) is 0 Å². The molecule has 0 amide bonds. The molecule has 0 spiro atoms. The van der Waals surface area contributed by atoms with Crippen LogP contribution in [0.25, 0.3) is 0 Å². The third-order valence-electron chi connectivity index (χ3n) is 11.9. The number of benzene rings is 4. The van der Waals surface area contributed by atoms with E-state index in [1.165, 1.54) is 111 Å². The quantitative estimate of drug-likeness (QED) is 0.142. The van der Waals surface area contributed by atoms with Crippen molar-refractivity contribution < 1.29 is 70.8 Å². The summed E-state index contributed by atoms with van der Waals surface area (Å²) >= 11 is 2.53. The van der Waals surface area contributed by atoms with Crippen molar-refractivity contribution >= 4 is 31.7 Å². The molecule has 0 bridgehead atoms. The minimum absolute atomic E-state index is 0. The Bertz CT molecular complexity index is 2160. The average molecular weight is 1330 g/mol. The van der Waals surface area contributed by atoms with Crippen molar-refractivity contribution in [2.24, 2.45) is 21.7 Å². The molecule has 0 radical (unpaired) electrons. The summed E-state index contributed by atoms with van der Waals surface area (Å²) in [5.74, 6) is 0. The Kier molecular flexibility index (Phi) is 29.3. The molecule has 0 N–H and O–H groups in total. The van der Waals surface area contributed by atoms with Crippen molar-refractivity contribution in [3.8, 4) is 0 Å². The van der Waals surface area contributed by atoms with E-state index in [4.69, 9.17) is 0 Å². The fourth-order valence-electron chi connectivity index (χ4n) is 7.07. The van der Waals surface area contributed by atoms with Crippen molar-refractivity contribution in [2.75, 3.05) is 0 Å². The second kappa shape index (κ2) is 31.3. The first kappa shape index (κ1) is 65.6. The molecule has 6 heteroatoms. The van der Waals surface area contributed by atoms with E-state index >= 15 is 0 Å². The van der Waals surface area contributed by atoms with Crippen molar-refractivity contribution in [1.82, 2.24) is 0 Å². The van der Waals surface area contributed by atoms with Crippen LogP contribution in [0, 0.1) is 46.0 Å². The second-order valence-electron chi connectivity index (χ2n) is 22.0. The predicted molar refractivity (Wildman–Crippen MR) is 294 cm³/mol. The van der Waals surface area contributed by atoms with Gasteiger partial charge in [0.25, 0.3) is 0 Å². The molecule has 4 aliphatic rings. The second-order valence-corrected chi connectivity index (χ2v) is 36.6. The number of hydrogen-bond donors (Lipinski definition) is 0. The maximum absolute atomic E-state index is 3.30. The van der Waals surface area contributed by atoms with Gasteiger partial charge in [0.05, 0.1) is 0 Å². The van der Waals surface area contributed by atoms with Gasteiger partial charge in [0.2, 0.25) is 0 Å². The Labute approximate surface area is 470 Å². The van der Waals surface area contributed by atoms with Crippen molar-refractivity contribution in [3.05, 3.63) is 215 Å². The molecular formula is C64H80Cl2Hf2Si2-2. The van der Waals surface area contributed by atoms with E-state index in [2.05, 4.69) is 281 Å². The van der Waals surface area contributed by atoms with Crippen LogP contribution in [0.1, 0.15) is 136 Å². The molecular weight excluding hydrogens is 1250 g/mol. The minimum atomic E-state index is -0.406. The molecule has 0 heterocycles. The van der Waals surface area contributed by atoms with Crippen LogP contribution in [0.15, 0.2) is 190 Å². The first-order valence-corrected chi connectivity index (χ1v) is 38.1. The van der Waals surface area contributed by atoms with Crippen LogP contribution < -0.4 is 45.6 Å². The Morgan fingerprint density at radius 3 is 0.571 bits per heavy atom. The van der Waals surface area contributed by atoms with E-state index in [1.807, 2.05) is 0 Å². The summed E-state index contributed by atoms with van der Waals surface area (Å²) in [7, 11) is 0. The van der Waals surface area contributed by atoms with E-state index < -0.39 is 11.0 Å². The van der Waals surface area contributed by atoms with Gasteiger partial charge in [-0.2, -0.15) is 22.3 Å². The Balaban J connectivity index is 0.000000421. The monoisotopic (exact) mass is 1330 g/mol. The number of halogens is 2. The van der Waals surface area contributed by atoms with Crippen LogP contribution in [-0.2, 0) is 46.0 Å². The summed E-state index contributed by atoms with van der Waals surface area (Å²) in [4.78, 5) is 0. The summed E-state index contributed by atoms with van der Waals surface area (Å²) in [5, 5.41) is 6.15. The predicted octanol–water partition coefficient (Wildman–Crippen LogP) is 9.13. The molecule has 4 aromatic carbocycles. The summed E-state index contributed by atoms with van der Waals surface area (Å²) in [6.45, 7) is 35.4. The topological polar surface area (TPSA) is 0 Å². The van der Waals surface area contributed by atoms with Crippen LogP contribution in [0.5, 0.6) is 0 Å². The number of hydrogen-bond acceptors (Lipinski definition) is 0. The molecule has 70 heavy (non-hydrogen) atoms. The Hall–Kier alpha value is -2.45. The maximum atomic E-state index is 3.30. The summed E-state index contributed by atoms with van der Waals surface area (Å²) in [6.07, 6.45) is 26.3. The molecule has 0 fully saturated rings. The van der Waals surface area contributed by atoms with Gasteiger partial charge in [-0.1, -0.05) is 111 Å². The van der Waals surface area contributed by atoms with Crippen LogP contribution >= 0.6 is 0 Å². The van der Waals surface area contributed by atoms with Crippen LogP contribution in [-0.4, -0.2) is 11.0 Å². The van der Waals surface area contributed by atoms with Gasteiger partial charge in [-0.3, -0.25) is 24.3 Å². The SMILES string of the molecule is CC1=[C-]CC(C(C)(C)C)=C1.CC1=[C-]CC(C(C)(C)C)=C1.CC1=[C-]CC(C(C)(C)C)=C1.CC1=[C-]CC(C(C)(C)C)=C1.[Cl-].[Cl-].[Hf+2]=[Si](c1ccccc1)c1ccccc1.[Hf+2]=[Si](c1ccccc1)c1ccccc1. The molecule has 0 unspecified atom stereocenters. The molecule has 0 aromatic heterocycles. The summed E-state index contributed by atoms with van der Waals surface area (Å²) < 4.78 is 0. The fourth-order valence-corrected chi connectivity index (χ4v) is 17.0. The zero-order chi connectivity index (χ0) is 50.7. The molecule has 4 aromatic rings. The molecule has 0 saturated heterocycles. The molecule has 368 valence electrons. The van der Waals surface area contributed by atoms with E-state index in [1.54, 1.807) is 0 Å². The van der Waals surface area contributed by atoms with Crippen molar-refractivity contribution in [2.45, 2.75) is 136 Å². The van der Waals surface area contributed by atoms with E-state index in [9.17, 15) is 0 Å². The van der Waals surface area contributed by atoms with Gasteiger partial charge in [-0.25, -0.2) is 46.6 Å². The third kappa shape index (κ3) is 24.5. The van der Waals surface area contributed by atoms with Gasteiger partial charge in [0, 0.05) is 0 Å². The van der Waals surface area contributed by atoms with E-state index in [0.717, 1.165) is 25.7 Å². The Morgan fingerprint density at radius 2 is 0.471 bits per heavy atom. The third-order valence-corrected chi connectivity index (χ3v) is 28.0. The van der Waals surface area contributed by atoms with Crippen LogP contribution in [0.3, 0.4) is 0 Å².